The molecule has 1 N–H and O–H groups in total. The highest BCUT2D eigenvalue weighted by molar-refractivity contribution is 6.08. The van der Waals surface area contributed by atoms with Gasteiger partial charge < -0.3 is 10.1 Å². The first-order valence-electron chi connectivity index (χ1n) is 6.10. The summed E-state index contributed by atoms with van der Waals surface area (Å²) in [5, 5.41) is 3.39. The second kappa shape index (κ2) is 5.69. The van der Waals surface area contributed by atoms with E-state index in [1.54, 1.807) is 24.3 Å². The van der Waals surface area contributed by atoms with E-state index in [4.69, 9.17) is 0 Å². The highest BCUT2D eigenvalue weighted by Gasteiger charge is 2.18. The van der Waals surface area contributed by atoms with Crippen LogP contribution >= 0.6 is 0 Å². The predicted octanol–water partition coefficient (Wildman–Crippen LogP) is 2.27. The van der Waals surface area contributed by atoms with Crippen molar-refractivity contribution in [3.05, 3.63) is 47.8 Å². The molecule has 0 aliphatic heterocycles. The number of rotatable bonds is 3. The standard InChI is InChI=1S/C15H14FNO3/c1-9(15(19)20-2)17-14(18)12-7-8-13(16)11-6-4-3-5-10(11)12/h3-9H,1-2H3,(H,17,18)/t9-/m0/s1. The molecule has 0 unspecified atom stereocenters. The Balaban J connectivity index is 2.36. The van der Waals surface area contributed by atoms with E-state index < -0.39 is 23.7 Å². The molecule has 2 rings (SSSR count). The van der Waals surface area contributed by atoms with E-state index in [1.165, 1.54) is 26.2 Å². The van der Waals surface area contributed by atoms with Gasteiger partial charge in [-0.25, -0.2) is 9.18 Å². The molecule has 0 saturated heterocycles. The van der Waals surface area contributed by atoms with E-state index in [1.807, 2.05) is 0 Å². The summed E-state index contributed by atoms with van der Waals surface area (Å²) >= 11 is 0. The molecule has 0 fully saturated rings. The summed E-state index contributed by atoms with van der Waals surface area (Å²) < 4.78 is 18.2. The molecule has 0 spiro atoms. The molecular weight excluding hydrogens is 261 g/mol. The number of amides is 1. The van der Waals surface area contributed by atoms with Crippen molar-refractivity contribution in [3.63, 3.8) is 0 Å². The third-order valence-corrected chi connectivity index (χ3v) is 3.02. The SMILES string of the molecule is COC(=O)[C@H](C)NC(=O)c1ccc(F)c2ccccc12. The Morgan fingerprint density at radius 3 is 2.45 bits per heavy atom. The molecule has 0 aliphatic carbocycles. The Morgan fingerprint density at radius 1 is 1.15 bits per heavy atom. The molecule has 0 saturated carbocycles. The maximum atomic E-state index is 13.7. The van der Waals surface area contributed by atoms with Crippen molar-refractivity contribution >= 4 is 22.6 Å². The molecule has 1 atom stereocenters. The second-order valence-electron chi connectivity index (χ2n) is 4.36. The lowest BCUT2D eigenvalue weighted by Gasteiger charge is -2.13. The van der Waals surface area contributed by atoms with E-state index in [0.29, 0.717) is 16.3 Å². The summed E-state index contributed by atoms with van der Waals surface area (Å²) in [5.74, 6) is -1.37. The normalized spacial score (nSPS) is 11.9. The minimum absolute atomic E-state index is 0.317. The molecule has 0 bridgehead atoms. The first kappa shape index (κ1) is 14.0. The number of methoxy groups -OCH3 is 1. The van der Waals surface area contributed by atoms with Crippen LogP contribution in [0.15, 0.2) is 36.4 Å². The topological polar surface area (TPSA) is 55.4 Å². The van der Waals surface area contributed by atoms with Gasteiger partial charge in [-0.05, 0) is 24.4 Å². The van der Waals surface area contributed by atoms with Crippen LogP contribution in [-0.4, -0.2) is 25.0 Å². The number of ether oxygens (including phenoxy) is 1. The molecule has 4 nitrogen and oxygen atoms in total. The Labute approximate surface area is 115 Å². The molecule has 0 aromatic heterocycles. The van der Waals surface area contributed by atoms with Crippen molar-refractivity contribution in [1.29, 1.82) is 0 Å². The van der Waals surface area contributed by atoms with Crippen LogP contribution in [0.25, 0.3) is 10.8 Å². The van der Waals surface area contributed by atoms with E-state index >= 15 is 0 Å². The second-order valence-corrected chi connectivity index (χ2v) is 4.36. The lowest BCUT2D eigenvalue weighted by Crippen LogP contribution is -2.39. The van der Waals surface area contributed by atoms with Gasteiger partial charge in [0.1, 0.15) is 11.9 Å². The molecule has 0 heterocycles. The fraction of sp³-hybridized carbons (Fsp3) is 0.200. The zero-order valence-electron chi connectivity index (χ0n) is 11.1. The summed E-state index contributed by atoms with van der Waals surface area (Å²) in [5.41, 5.74) is 0.317. The number of esters is 1. The van der Waals surface area contributed by atoms with Gasteiger partial charge in [-0.15, -0.1) is 0 Å². The number of hydrogen-bond donors (Lipinski definition) is 1. The summed E-state index contributed by atoms with van der Waals surface area (Å²) in [6, 6.07) is 8.56. The first-order chi connectivity index (χ1) is 9.54. The van der Waals surface area contributed by atoms with E-state index in [0.717, 1.165) is 0 Å². The zero-order chi connectivity index (χ0) is 14.7. The number of carbonyl (C=O) groups excluding carboxylic acids is 2. The van der Waals surface area contributed by atoms with Crippen LogP contribution < -0.4 is 5.32 Å². The Bertz CT molecular complexity index is 669. The van der Waals surface area contributed by atoms with Crippen LogP contribution in [0.5, 0.6) is 0 Å². The lowest BCUT2D eigenvalue weighted by atomic mass is 10.0. The molecule has 5 heteroatoms. The van der Waals surface area contributed by atoms with E-state index in [-0.39, 0.29) is 0 Å². The Morgan fingerprint density at radius 2 is 1.80 bits per heavy atom. The fourth-order valence-electron chi connectivity index (χ4n) is 1.97. The average Bonchev–Trinajstić information content (AvgIpc) is 2.46. The van der Waals surface area contributed by atoms with Gasteiger partial charge in [0.15, 0.2) is 0 Å². The monoisotopic (exact) mass is 275 g/mol. The van der Waals surface area contributed by atoms with Crippen molar-refractivity contribution in [2.45, 2.75) is 13.0 Å². The van der Waals surface area contributed by atoms with Gasteiger partial charge in [0.2, 0.25) is 0 Å². The van der Waals surface area contributed by atoms with Crippen molar-refractivity contribution in [2.75, 3.05) is 7.11 Å². The van der Waals surface area contributed by atoms with Crippen molar-refractivity contribution in [2.24, 2.45) is 0 Å². The van der Waals surface area contributed by atoms with Gasteiger partial charge in [0, 0.05) is 10.9 Å². The van der Waals surface area contributed by atoms with Crippen LogP contribution in [-0.2, 0) is 9.53 Å². The zero-order valence-corrected chi connectivity index (χ0v) is 11.1. The maximum Gasteiger partial charge on any atom is 0.328 e. The highest BCUT2D eigenvalue weighted by Crippen LogP contribution is 2.21. The molecule has 20 heavy (non-hydrogen) atoms. The van der Waals surface area contributed by atoms with Crippen molar-refractivity contribution in [3.8, 4) is 0 Å². The largest absolute Gasteiger partial charge is 0.467 e. The van der Waals surface area contributed by atoms with Crippen LogP contribution in [0.2, 0.25) is 0 Å². The number of hydrogen-bond acceptors (Lipinski definition) is 3. The van der Waals surface area contributed by atoms with E-state index in [2.05, 4.69) is 10.1 Å². The molecule has 104 valence electrons. The van der Waals surface area contributed by atoms with Gasteiger partial charge in [-0.3, -0.25) is 4.79 Å². The smallest absolute Gasteiger partial charge is 0.328 e. The number of fused-ring (bicyclic) bond motifs is 1. The number of nitrogens with one attached hydrogen (secondary N) is 1. The summed E-state index contributed by atoms with van der Waals surface area (Å²) in [7, 11) is 1.25. The van der Waals surface area contributed by atoms with Gasteiger partial charge >= 0.3 is 5.97 Å². The Kier molecular flexibility index (Phi) is 3.98. The minimum atomic E-state index is -0.767. The fourth-order valence-corrected chi connectivity index (χ4v) is 1.97. The highest BCUT2D eigenvalue weighted by atomic mass is 19.1. The number of halogens is 1. The first-order valence-corrected chi connectivity index (χ1v) is 6.10. The third-order valence-electron chi connectivity index (χ3n) is 3.02. The van der Waals surface area contributed by atoms with Crippen molar-refractivity contribution in [1.82, 2.24) is 5.32 Å². The third kappa shape index (κ3) is 2.61. The van der Waals surface area contributed by atoms with Crippen molar-refractivity contribution < 1.29 is 18.7 Å². The summed E-state index contributed by atoms with van der Waals surface area (Å²) in [6.07, 6.45) is 0. The van der Waals surface area contributed by atoms with Gasteiger partial charge in [0.25, 0.3) is 5.91 Å². The molecule has 2 aromatic carbocycles. The summed E-state index contributed by atoms with van der Waals surface area (Å²) in [4.78, 5) is 23.5. The number of carbonyl (C=O) groups is 2. The van der Waals surface area contributed by atoms with Gasteiger partial charge in [-0.2, -0.15) is 0 Å². The van der Waals surface area contributed by atoms with Crippen LogP contribution in [0.1, 0.15) is 17.3 Å². The quantitative estimate of drug-likeness (QED) is 0.874. The van der Waals surface area contributed by atoms with Gasteiger partial charge in [0.05, 0.1) is 7.11 Å². The lowest BCUT2D eigenvalue weighted by molar-refractivity contribution is -0.142. The molecule has 0 radical (unpaired) electrons. The maximum absolute atomic E-state index is 13.7. The van der Waals surface area contributed by atoms with Crippen LogP contribution in [0, 0.1) is 5.82 Å². The molecule has 1 amide bonds. The molecular formula is C15H14FNO3. The molecule has 2 aromatic rings. The average molecular weight is 275 g/mol. The van der Waals surface area contributed by atoms with Crippen LogP contribution in [0.4, 0.5) is 4.39 Å². The predicted molar refractivity (Wildman–Crippen MR) is 72.9 cm³/mol. The Hall–Kier alpha value is -2.43. The number of benzene rings is 2. The minimum Gasteiger partial charge on any atom is -0.467 e. The van der Waals surface area contributed by atoms with Gasteiger partial charge in [-0.1, -0.05) is 24.3 Å². The molecule has 0 aliphatic rings. The van der Waals surface area contributed by atoms with Crippen LogP contribution in [0.3, 0.4) is 0 Å². The summed E-state index contributed by atoms with van der Waals surface area (Å²) in [6.45, 7) is 1.52. The van der Waals surface area contributed by atoms with E-state index in [9.17, 15) is 14.0 Å².